The van der Waals surface area contributed by atoms with Crippen LogP contribution in [0.25, 0.3) is 11.0 Å². The molecule has 1 aromatic heterocycles. The maximum atomic E-state index is 11.3. The number of aromatic nitrogens is 2. The Hall–Kier alpha value is -2.18. The van der Waals surface area contributed by atoms with Crippen LogP contribution in [0, 0.1) is 6.92 Å². The Labute approximate surface area is 199 Å². The summed E-state index contributed by atoms with van der Waals surface area (Å²) in [6.07, 6.45) is 4.43. The molecule has 1 fully saturated rings. The van der Waals surface area contributed by atoms with Crippen LogP contribution in [-0.2, 0) is 17.8 Å². The van der Waals surface area contributed by atoms with Gasteiger partial charge in [-0.2, -0.15) is 0 Å². The van der Waals surface area contributed by atoms with Crippen molar-refractivity contribution >= 4 is 38.6 Å². The van der Waals surface area contributed by atoms with Gasteiger partial charge in [-0.25, -0.2) is 4.98 Å². The Morgan fingerprint density at radius 3 is 2.69 bits per heavy atom. The molecule has 0 saturated carbocycles. The van der Waals surface area contributed by atoms with Crippen molar-refractivity contribution in [3.8, 4) is 0 Å². The Morgan fingerprint density at radius 2 is 1.97 bits per heavy atom. The van der Waals surface area contributed by atoms with E-state index in [0.29, 0.717) is 5.92 Å². The van der Waals surface area contributed by atoms with Gasteiger partial charge in [0.2, 0.25) is 5.91 Å². The zero-order valence-corrected chi connectivity index (χ0v) is 20.9. The number of benzene rings is 2. The number of nitrogens with one attached hydrogen (secondary N) is 1. The number of imidazole rings is 1. The highest BCUT2D eigenvalue weighted by molar-refractivity contribution is 9.10. The minimum absolute atomic E-state index is 0.0170. The Morgan fingerprint density at radius 1 is 1.19 bits per heavy atom. The minimum atomic E-state index is -0.0170. The van der Waals surface area contributed by atoms with Crippen molar-refractivity contribution in [2.45, 2.75) is 58.9 Å². The number of aryl methyl sites for hydroxylation is 3. The number of nitrogens with zero attached hydrogens (tertiary/aromatic N) is 3. The summed E-state index contributed by atoms with van der Waals surface area (Å²) in [4.78, 5) is 18.8. The summed E-state index contributed by atoms with van der Waals surface area (Å²) in [5.74, 6) is 1.73. The van der Waals surface area contributed by atoms with E-state index in [2.05, 4.69) is 68.8 Å². The van der Waals surface area contributed by atoms with E-state index in [4.69, 9.17) is 4.98 Å². The van der Waals surface area contributed by atoms with Gasteiger partial charge in [-0.15, -0.1) is 0 Å². The highest BCUT2D eigenvalue weighted by atomic mass is 79.9. The van der Waals surface area contributed by atoms with E-state index in [9.17, 15) is 4.79 Å². The standard InChI is InChI=1S/C26H33BrN4O/c1-4-26-29-24-17-23(27)18(2)15-25(24)31(26)12-6-11-30-13-9-20(10-14-30)21-7-5-8-22(16-21)28-19(3)32/h5,7-8,15-17,20H,4,6,9-14H2,1-3H3,(H,28,32). The number of likely N-dealkylation sites (tertiary alicyclic amines) is 1. The number of amides is 1. The van der Waals surface area contributed by atoms with E-state index in [-0.39, 0.29) is 5.91 Å². The molecule has 2 heterocycles. The van der Waals surface area contributed by atoms with Crippen LogP contribution in [-0.4, -0.2) is 40.0 Å². The topological polar surface area (TPSA) is 50.2 Å². The number of rotatable bonds is 7. The van der Waals surface area contributed by atoms with Crippen LogP contribution >= 0.6 is 15.9 Å². The fourth-order valence-corrected chi connectivity index (χ4v) is 5.17. The highest BCUT2D eigenvalue weighted by Crippen LogP contribution is 2.30. The summed E-state index contributed by atoms with van der Waals surface area (Å²) in [6.45, 7) is 10.3. The largest absolute Gasteiger partial charge is 0.328 e. The number of fused-ring (bicyclic) bond motifs is 1. The molecule has 0 spiro atoms. The molecule has 0 bridgehead atoms. The third kappa shape index (κ3) is 5.24. The molecule has 6 heteroatoms. The van der Waals surface area contributed by atoms with Crippen molar-refractivity contribution in [3.63, 3.8) is 0 Å². The molecular formula is C26H33BrN4O. The molecule has 2 aromatic carbocycles. The molecule has 1 aliphatic heterocycles. The van der Waals surface area contributed by atoms with Gasteiger partial charge in [-0.3, -0.25) is 4.79 Å². The van der Waals surface area contributed by atoms with Crippen molar-refractivity contribution in [1.82, 2.24) is 14.5 Å². The zero-order valence-electron chi connectivity index (χ0n) is 19.3. The zero-order chi connectivity index (χ0) is 22.7. The second kappa shape index (κ2) is 10.2. The van der Waals surface area contributed by atoms with E-state index in [0.717, 1.165) is 54.7 Å². The molecule has 1 N–H and O–H groups in total. The van der Waals surface area contributed by atoms with Gasteiger partial charge in [-0.1, -0.05) is 35.0 Å². The fraction of sp³-hybridized carbons (Fsp3) is 0.462. The van der Waals surface area contributed by atoms with E-state index >= 15 is 0 Å². The van der Waals surface area contributed by atoms with Crippen LogP contribution < -0.4 is 5.32 Å². The van der Waals surface area contributed by atoms with Crippen LogP contribution in [0.3, 0.4) is 0 Å². The van der Waals surface area contributed by atoms with Gasteiger partial charge in [-0.05, 0) is 87.1 Å². The molecular weight excluding hydrogens is 464 g/mol. The monoisotopic (exact) mass is 496 g/mol. The molecule has 1 saturated heterocycles. The van der Waals surface area contributed by atoms with Gasteiger partial charge in [0.25, 0.3) is 0 Å². The normalized spacial score (nSPS) is 15.4. The molecule has 32 heavy (non-hydrogen) atoms. The molecule has 0 atom stereocenters. The van der Waals surface area contributed by atoms with Crippen LogP contribution in [0.4, 0.5) is 5.69 Å². The van der Waals surface area contributed by atoms with Gasteiger partial charge in [0.05, 0.1) is 11.0 Å². The highest BCUT2D eigenvalue weighted by Gasteiger charge is 2.21. The van der Waals surface area contributed by atoms with E-state index in [1.807, 2.05) is 12.1 Å². The van der Waals surface area contributed by atoms with Crippen molar-refractivity contribution in [3.05, 3.63) is 57.8 Å². The molecule has 1 aliphatic rings. The molecule has 0 radical (unpaired) electrons. The maximum absolute atomic E-state index is 11.3. The van der Waals surface area contributed by atoms with Gasteiger partial charge in [0, 0.05) is 30.0 Å². The van der Waals surface area contributed by atoms with Gasteiger partial charge in [0.1, 0.15) is 5.82 Å². The quantitative estimate of drug-likeness (QED) is 0.442. The second-order valence-corrected chi connectivity index (χ2v) is 9.75. The van der Waals surface area contributed by atoms with Crippen molar-refractivity contribution in [2.24, 2.45) is 0 Å². The first-order chi connectivity index (χ1) is 15.4. The third-order valence-electron chi connectivity index (χ3n) is 6.55. The number of halogens is 1. The average Bonchev–Trinajstić information content (AvgIpc) is 3.11. The number of hydrogen-bond acceptors (Lipinski definition) is 3. The Bertz CT molecular complexity index is 1100. The number of piperidine rings is 1. The first-order valence-corrected chi connectivity index (χ1v) is 12.5. The van der Waals surface area contributed by atoms with E-state index in [1.54, 1.807) is 6.92 Å². The minimum Gasteiger partial charge on any atom is -0.328 e. The first-order valence-electron chi connectivity index (χ1n) is 11.7. The predicted octanol–water partition coefficient (Wildman–Crippen LogP) is 5.90. The molecule has 1 amide bonds. The first kappa shape index (κ1) is 23.0. The average molecular weight is 497 g/mol. The van der Waals surface area contributed by atoms with Gasteiger partial charge in [0.15, 0.2) is 0 Å². The molecule has 0 aliphatic carbocycles. The van der Waals surface area contributed by atoms with Gasteiger partial charge >= 0.3 is 0 Å². The van der Waals surface area contributed by atoms with Crippen LogP contribution in [0.5, 0.6) is 0 Å². The predicted molar refractivity (Wildman–Crippen MR) is 135 cm³/mol. The molecule has 0 unspecified atom stereocenters. The van der Waals surface area contributed by atoms with Crippen LogP contribution in [0.15, 0.2) is 40.9 Å². The van der Waals surface area contributed by atoms with Crippen LogP contribution in [0.2, 0.25) is 0 Å². The number of hydrogen-bond donors (Lipinski definition) is 1. The summed E-state index contributed by atoms with van der Waals surface area (Å²) in [5, 5.41) is 2.90. The number of carbonyl (C=O) groups excluding carboxylic acids is 1. The maximum Gasteiger partial charge on any atom is 0.221 e. The summed E-state index contributed by atoms with van der Waals surface area (Å²) < 4.78 is 3.54. The lowest BCUT2D eigenvalue weighted by Gasteiger charge is -2.32. The summed E-state index contributed by atoms with van der Waals surface area (Å²) in [5.41, 5.74) is 5.83. The smallest absolute Gasteiger partial charge is 0.221 e. The lowest BCUT2D eigenvalue weighted by molar-refractivity contribution is -0.114. The Balaban J connectivity index is 1.32. The van der Waals surface area contributed by atoms with E-state index in [1.165, 1.54) is 35.3 Å². The van der Waals surface area contributed by atoms with Gasteiger partial charge < -0.3 is 14.8 Å². The molecule has 5 nitrogen and oxygen atoms in total. The van der Waals surface area contributed by atoms with Crippen molar-refractivity contribution in [2.75, 3.05) is 25.0 Å². The van der Waals surface area contributed by atoms with Crippen molar-refractivity contribution < 1.29 is 4.79 Å². The number of anilines is 1. The SMILES string of the molecule is CCc1nc2cc(Br)c(C)cc2n1CCCN1CCC(c2cccc(NC(C)=O)c2)CC1. The molecule has 170 valence electrons. The Kier molecular flexibility index (Phi) is 7.31. The summed E-state index contributed by atoms with van der Waals surface area (Å²) >= 11 is 3.64. The molecule has 4 rings (SSSR count). The van der Waals surface area contributed by atoms with E-state index < -0.39 is 0 Å². The van der Waals surface area contributed by atoms with Crippen molar-refractivity contribution in [1.29, 1.82) is 0 Å². The number of carbonyl (C=O) groups is 1. The molecule has 3 aromatic rings. The lowest BCUT2D eigenvalue weighted by atomic mass is 9.89. The fourth-order valence-electron chi connectivity index (χ4n) is 4.84. The lowest BCUT2D eigenvalue weighted by Crippen LogP contribution is -2.34. The van der Waals surface area contributed by atoms with Crippen LogP contribution in [0.1, 0.15) is 56.0 Å². The summed E-state index contributed by atoms with van der Waals surface area (Å²) in [7, 11) is 0. The summed E-state index contributed by atoms with van der Waals surface area (Å²) in [6, 6.07) is 12.7. The second-order valence-electron chi connectivity index (χ2n) is 8.90. The third-order valence-corrected chi connectivity index (χ3v) is 7.40.